The van der Waals surface area contributed by atoms with E-state index in [0.717, 1.165) is 61.4 Å². The number of rotatable bonds is 8. The van der Waals surface area contributed by atoms with Crippen molar-refractivity contribution in [2.24, 2.45) is 0 Å². The van der Waals surface area contributed by atoms with Crippen LogP contribution in [0.4, 0.5) is 0 Å². The van der Waals surface area contributed by atoms with Gasteiger partial charge in [-0.1, -0.05) is 134 Å². The Bertz CT molecular complexity index is 1710. The van der Waals surface area contributed by atoms with Gasteiger partial charge in [0.25, 0.3) is 0 Å². The molecule has 0 fully saturated rings. The Balaban J connectivity index is 1.53. The molecule has 0 amide bonds. The normalized spacial score (nSPS) is 11.0. The fourth-order valence-corrected chi connectivity index (χ4v) is 5.09. The molecule has 2 heteroatoms. The summed E-state index contributed by atoms with van der Waals surface area (Å²) in [6.45, 7) is 8.87. The monoisotopic (exact) mass is 503 g/mol. The van der Waals surface area contributed by atoms with Gasteiger partial charge in [0, 0.05) is 28.5 Å². The second kappa shape index (κ2) is 10.8. The van der Waals surface area contributed by atoms with Crippen LogP contribution >= 0.6 is 0 Å². The highest BCUT2D eigenvalue weighted by molar-refractivity contribution is 5.91. The minimum Gasteiger partial charge on any atom is -0.437 e. The van der Waals surface area contributed by atoms with Crippen molar-refractivity contribution in [2.75, 3.05) is 0 Å². The van der Waals surface area contributed by atoms with Gasteiger partial charge in [0.2, 0.25) is 5.71 Å². The fraction of sp³-hybridized carbons (Fsp3) is 0.0541. The maximum absolute atomic E-state index is 6.55. The Morgan fingerprint density at radius 2 is 1.08 bits per heavy atom. The third-order valence-corrected chi connectivity index (χ3v) is 7.11. The molecule has 0 radical (unpaired) electrons. The largest absolute Gasteiger partial charge is 0.437 e. The number of nitrogens with zero attached hydrogens (tertiary/aromatic N) is 1. The van der Waals surface area contributed by atoms with Gasteiger partial charge >= 0.3 is 0 Å². The lowest BCUT2D eigenvalue weighted by Crippen LogP contribution is -1.97. The van der Waals surface area contributed by atoms with E-state index in [1.807, 2.05) is 60.7 Å². The van der Waals surface area contributed by atoms with Crippen LogP contribution in [-0.2, 0) is 12.8 Å². The van der Waals surface area contributed by atoms with E-state index in [-0.39, 0.29) is 0 Å². The quantitative estimate of drug-likeness (QED) is 0.207. The highest BCUT2D eigenvalue weighted by Gasteiger charge is 2.21. The van der Waals surface area contributed by atoms with E-state index in [9.17, 15) is 0 Å². The second-order valence-corrected chi connectivity index (χ2v) is 9.78. The van der Waals surface area contributed by atoms with Crippen molar-refractivity contribution in [3.05, 3.63) is 163 Å². The number of hydrogen-bond acceptors (Lipinski definition) is 2. The minimum atomic E-state index is 0.637. The lowest BCUT2D eigenvalue weighted by atomic mass is 9.92. The number of aromatic nitrogens is 1. The Morgan fingerprint density at radius 1 is 0.590 bits per heavy atom. The van der Waals surface area contributed by atoms with E-state index in [0.29, 0.717) is 18.6 Å². The first-order valence-electron chi connectivity index (χ1n) is 13.2. The van der Waals surface area contributed by atoms with Gasteiger partial charge in [-0.15, -0.1) is 0 Å². The van der Waals surface area contributed by atoms with Crippen molar-refractivity contribution in [2.45, 2.75) is 12.8 Å². The van der Waals surface area contributed by atoms with Crippen LogP contribution in [0.3, 0.4) is 0 Å². The Kier molecular flexibility index (Phi) is 6.76. The Morgan fingerprint density at radius 3 is 1.64 bits per heavy atom. The molecular formula is C37H29NO. The number of pyridine rings is 1. The summed E-state index contributed by atoms with van der Waals surface area (Å²) in [5.74, 6) is 0.841. The zero-order valence-corrected chi connectivity index (χ0v) is 21.8. The summed E-state index contributed by atoms with van der Waals surface area (Å²) in [4.78, 5) is 5.14. The maximum Gasteiger partial charge on any atom is 0.227 e. The lowest BCUT2D eigenvalue weighted by molar-refractivity contribution is 0.616. The molecule has 2 nitrogen and oxygen atoms in total. The average Bonchev–Trinajstić information content (AvgIpc) is 3.35. The SMILES string of the molecule is C=C(Cc1cc2c(CC(=C)c3ccccc3)c(-c3ccccc3)oc2nc1-c1ccccc1)c1ccccc1. The molecule has 0 bridgehead atoms. The van der Waals surface area contributed by atoms with Gasteiger partial charge in [0.15, 0.2) is 0 Å². The zero-order valence-electron chi connectivity index (χ0n) is 21.8. The van der Waals surface area contributed by atoms with Crippen molar-refractivity contribution in [3.8, 4) is 22.6 Å². The van der Waals surface area contributed by atoms with E-state index in [1.54, 1.807) is 0 Å². The van der Waals surface area contributed by atoms with Crippen LogP contribution in [-0.4, -0.2) is 4.98 Å². The van der Waals surface area contributed by atoms with Crippen LogP contribution < -0.4 is 0 Å². The molecule has 2 aromatic heterocycles. The molecule has 4 aromatic carbocycles. The summed E-state index contributed by atoms with van der Waals surface area (Å²) in [5.41, 5.74) is 10.2. The molecule has 6 aromatic rings. The molecule has 0 unspecified atom stereocenters. The van der Waals surface area contributed by atoms with E-state index < -0.39 is 0 Å². The molecule has 0 aliphatic carbocycles. The first-order chi connectivity index (χ1) is 19.2. The molecule has 0 saturated carbocycles. The van der Waals surface area contributed by atoms with Crippen molar-refractivity contribution in [1.82, 2.24) is 4.98 Å². The predicted octanol–water partition coefficient (Wildman–Crippen LogP) is 9.67. The molecule has 0 N–H and O–H groups in total. The molecule has 0 saturated heterocycles. The summed E-state index contributed by atoms with van der Waals surface area (Å²) < 4.78 is 6.55. The molecule has 2 heterocycles. The van der Waals surface area contributed by atoms with E-state index >= 15 is 0 Å². The van der Waals surface area contributed by atoms with Crippen LogP contribution in [0.1, 0.15) is 22.3 Å². The number of fused-ring (bicyclic) bond motifs is 1. The smallest absolute Gasteiger partial charge is 0.227 e. The first-order valence-corrected chi connectivity index (χ1v) is 13.2. The Labute approximate surface area is 229 Å². The summed E-state index contributed by atoms with van der Waals surface area (Å²) in [6.07, 6.45) is 1.34. The molecule has 39 heavy (non-hydrogen) atoms. The van der Waals surface area contributed by atoms with Gasteiger partial charge < -0.3 is 4.42 Å². The highest BCUT2D eigenvalue weighted by atomic mass is 16.3. The van der Waals surface area contributed by atoms with Crippen LogP contribution in [0.15, 0.2) is 145 Å². The molecule has 6 rings (SSSR count). The van der Waals surface area contributed by atoms with Crippen molar-refractivity contribution in [1.29, 1.82) is 0 Å². The molecule has 0 aliphatic heterocycles. The van der Waals surface area contributed by atoms with Crippen LogP contribution in [0.5, 0.6) is 0 Å². The van der Waals surface area contributed by atoms with Gasteiger partial charge in [-0.25, -0.2) is 4.98 Å². The number of benzene rings is 4. The summed E-state index contributed by atoms with van der Waals surface area (Å²) in [5, 5.41) is 1.02. The second-order valence-electron chi connectivity index (χ2n) is 9.78. The van der Waals surface area contributed by atoms with Crippen molar-refractivity contribution >= 4 is 22.2 Å². The Hall–Kier alpha value is -4.95. The van der Waals surface area contributed by atoms with E-state index in [2.05, 4.69) is 79.9 Å². The van der Waals surface area contributed by atoms with Gasteiger partial charge in [0.1, 0.15) is 5.76 Å². The molecule has 0 atom stereocenters. The fourth-order valence-electron chi connectivity index (χ4n) is 5.09. The van der Waals surface area contributed by atoms with Gasteiger partial charge in [-0.2, -0.15) is 0 Å². The van der Waals surface area contributed by atoms with E-state index in [4.69, 9.17) is 9.40 Å². The van der Waals surface area contributed by atoms with Gasteiger partial charge in [-0.05, 0) is 40.3 Å². The zero-order chi connectivity index (χ0) is 26.6. The summed E-state index contributed by atoms with van der Waals surface area (Å²) in [7, 11) is 0. The number of hydrogen-bond donors (Lipinski definition) is 0. The maximum atomic E-state index is 6.55. The van der Waals surface area contributed by atoms with E-state index in [1.165, 1.54) is 0 Å². The lowest BCUT2D eigenvalue weighted by Gasteiger charge is -2.12. The van der Waals surface area contributed by atoms with Crippen molar-refractivity contribution in [3.63, 3.8) is 0 Å². The van der Waals surface area contributed by atoms with Gasteiger partial charge in [-0.3, -0.25) is 0 Å². The van der Waals surface area contributed by atoms with Crippen LogP contribution in [0, 0.1) is 0 Å². The van der Waals surface area contributed by atoms with Gasteiger partial charge in [0.05, 0.1) is 5.69 Å². The predicted molar refractivity (Wildman–Crippen MR) is 163 cm³/mol. The number of furan rings is 1. The highest BCUT2D eigenvalue weighted by Crippen LogP contribution is 2.39. The summed E-state index contributed by atoms with van der Waals surface area (Å²) >= 11 is 0. The van der Waals surface area contributed by atoms with Crippen molar-refractivity contribution < 1.29 is 4.42 Å². The van der Waals surface area contributed by atoms with Crippen LogP contribution in [0.25, 0.3) is 44.8 Å². The molecule has 188 valence electrons. The first kappa shape index (κ1) is 24.4. The number of allylic oxidation sites excluding steroid dienone is 2. The molecule has 0 aliphatic rings. The summed E-state index contributed by atoms with van der Waals surface area (Å²) in [6, 6.07) is 43.5. The topological polar surface area (TPSA) is 26.0 Å². The third-order valence-electron chi connectivity index (χ3n) is 7.11. The van der Waals surface area contributed by atoms with Crippen LogP contribution in [0.2, 0.25) is 0 Å². The average molecular weight is 504 g/mol. The third kappa shape index (κ3) is 5.10. The molecular weight excluding hydrogens is 474 g/mol. The standard InChI is InChI=1S/C37H29NO/c1-26(28-15-7-3-8-16-28)23-32-25-34-33(24-27(2)29-17-9-4-10-18-29)36(31-21-13-6-14-22-31)39-37(34)38-35(32)30-19-11-5-12-20-30/h3-22,25H,1-2,23-24H2. The molecule has 0 spiro atoms. The minimum absolute atomic E-state index is 0.637.